The number of carboxylic acid groups (broad SMARTS) is 1. The van der Waals surface area contributed by atoms with Crippen molar-refractivity contribution in [2.45, 2.75) is 32.5 Å². The number of aromatic carboxylic acids is 1. The Bertz CT molecular complexity index is 526. The second-order valence-corrected chi connectivity index (χ2v) is 5.80. The third kappa shape index (κ3) is 2.22. The molecule has 2 aliphatic rings. The molecule has 20 heavy (non-hydrogen) atoms. The summed E-state index contributed by atoms with van der Waals surface area (Å²) in [4.78, 5) is 13.4. The van der Waals surface area contributed by atoms with Gasteiger partial charge in [0.25, 0.3) is 0 Å². The molecule has 0 radical (unpaired) electrons. The summed E-state index contributed by atoms with van der Waals surface area (Å²) in [5.74, 6) is -0.462. The van der Waals surface area contributed by atoms with Crippen molar-refractivity contribution in [3.8, 4) is 0 Å². The van der Waals surface area contributed by atoms with Gasteiger partial charge >= 0.3 is 5.97 Å². The molecule has 1 fully saturated rings. The van der Waals surface area contributed by atoms with Crippen LogP contribution in [0.5, 0.6) is 0 Å². The molecular formula is C15H20N2O3. The van der Waals surface area contributed by atoms with Gasteiger partial charge in [-0.05, 0) is 30.5 Å². The van der Waals surface area contributed by atoms with Crippen LogP contribution in [0.15, 0.2) is 18.2 Å². The SMILES string of the molecule is CC(C)C1Nc2ccc(C(=O)O)cc2N1C[C@@H]1CCO1. The fourth-order valence-corrected chi connectivity index (χ4v) is 2.80. The zero-order valence-corrected chi connectivity index (χ0v) is 11.8. The van der Waals surface area contributed by atoms with Crippen LogP contribution in [0.2, 0.25) is 0 Å². The first-order valence-corrected chi connectivity index (χ1v) is 7.08. The molecule has 0 amide bonds. The molecule has 1 unspecified atom stereocenters. The van der Waals surface area contributed by atoms with Gasteiger partial charge in [0.05, 0.1) is 23.0 Å². The van der Waals surface area contributed by atoms with Gasteiger partial charge in [0, 0.05) is 13.2 Å². The van der Waals surface area contributed by atoms with Crippen LogP contribution < -0.4 is 10.2 Å². The average Bonchev–Trinajstić information content (AvgIpc) is 2.71. The largest absolute Gasteiger partial charge is 0.478 e. The van der Waals surface area contributed by atoms with Crippen molar-refractivity contribution in [2.75, 3.05) is 23.4 Å². The number of carbonyl (C=O) groups is 1. The highest BCUT2D eigenvalue weighted by molar-refractivity contribution is 5.92. The van der Waals surface area contributed by atoms with Gasteiger partial charge in [-0.2, -0.15) is 0 Å². The molecule has 1 saturated heterocycles. The van der Waals surface area contributed by atoms with Gasteiger partial charge in [0.1, 0.15) is 6.17 Å². The van der Waals surface area contributed by atoms with Gasteiger partial charge in [-0.1, -0.05) is 13.8 Å². The molecule has 5 heteroatoms. The third-order valence-corrected chi connectivity index (χ3v) is 4.02. The van der Waals surface area contributed by atoms with Gasteiger partial charge in [0.2, 0.25) is 0 Å². The third-order valence-electron chi connectivity index (χ3n) is 4.02. The summed E-state index contributed by atoms with van der Waals surface area (Å²) in [6, 6.07) is 5.26. The molecule has 1 aromatic carbocycles. The number of carboxylic acids is 1. The van der Waals surface area contributed by atoms with Crippen LogP contribution in [0.4, 0.5) is 11.4 Å². The maximum atomic E-state index is 11.1. The molecule has 2 atom stereocenters. The van der Waals surface area contributed by atoms with Crippen molar-refractivity contribution >= 4 is 17.3 Å². The minimum atomic E-state index is -0.888. The maximum Gasteiger partial charge on any atom is 0.335 e. The molecule has 5 nitrogen and oxygen atoms in total. The van der Waals surface area contributed by atoms with Crippen LogP contribution in [0, 0.1) is 5.92 Å². The standard InChI is InChI=1S/C15H20N2O3/c1-9(2)14-16-12-4-3-10(15(18)19)7-13(12)17(14)8-11-5-6-20-11/h3-4,7,9,11,14,16H,5-6,8H2,1-2H3,(H,18,19)/t11-,14?/m0/s1. The molecule has 1 aromatic rings. The number of anilines is 2. The lowest BCUT2D eigenvalue weighted by Crippen LogP contribution is -2.47. The maximum absolute atomic E-state index is 11.1. The fourth-order valence-electron chi connectivity index (χ4n) is 2.80. The van der Waals surface area contributed by atoms with E-state index in [9.17, 15) is 4.79 Å². The predicted octanol–water partition coefficient (Wildman–Crippen LogP) is 2.39. The highest BCUT2D eigenvalue weighted by Gasteiger charge is 2.34. The number of nitrogens with one attached hydrogen (secondary N) is 1. The number of fused-ring (bicyclic) bond motifs is 1. The van der Waals surface area contributed by atoms with E-state index >= 15 is 0 Å². The van der Waals surface area contributed by atoms with Crippen LogP contribution in [0.1, 0.15) is 30.6 Å². The molecule has 0 saturated carbocycles. The van der Waals surface area contributed by atoms with E-state index < -0.39 is 5.97 Å². The summed E-state index contributed by atoms with van der Waals surface area (Å²) in [5, 5.41) is 12.6. The number of nitrogens with zero attached hydrogens (tertiary/aromatic N) is 1. The van der Waals surface area contributed by atoms with Gasteiger partial charge < -0.3 is 20.1 Å². The fraction of sp³-hybridized carbons (Fsp3) is 0.533. The van der Waals surface area contributed by atoms with Crippen LogP contribution in [0.25, 0.3) is 0 Å². The Morgan fingerprint density at radius 2 is 2.30 bits per heavy atom. The summed E-state index contributed by atoms with van der Waals surface area (Å²) in [6.07, 6.45) is 1.53. The lowest BCUT2D eigenvalue weighted by Gasteiger charge is -2.36. The highest BCUT2D eigenvalue weighted by Crippen LogP contribution is 2.38. The Morgan fingerprint density at radius 1 is 1.55 bits per heavy atom. The van der Waals surface area contributed by atoms with Crippen LogP contribution >= 0.6 is 0 Å². The Hall–Kier alpha value is -1.75. The van der Waals surface area contributed by atoms with E-state index in [0.29, 0.717) is 11.5 Å². The molecule has 0 aliphatic carbocycles. The van der Waals surface area contributed by atoms with Crippen LogP contribution in [0.3, 0.4) is 0 Å². The van der Waals surface area contributed by atoms with Crippen molar-refractivity contribution in [3.63, 3.8) is 0 Å². The molecule has 2 N–H and O–H groups in total. The lowest BCUT2D eigenvalue weighted by atomic mass is 10.1. The van der Waals surface area contributed by atoms with Gasteiger partial charge in [-0.15, -0.1) is 0 Å². The number of hydrogen-bond acceptors (Lipinski definition) is 4. The number of ether oxygens (including phenoxy) is 1. The van der Waals surface area contributed by atoms with E-state index in [1.807, 2.05) is 6.07 Å². The molecule has 0 aromatic heterocycles. The summed E-state index contributed by atoms with van der Waals surface area (Å²) >= 11 is 0. The molecule has 0 bridgehead atoms. The minimum absolute atomic E-state index is 0.193. The zero-order chi connectivity index (χ0) is 14.3. The Morgan fingerprint density at radius 3 is 2.85 bits per heavy atom. The second-order valence-electron chi connectivity index (χ2n) is 5.80. The molecule has 2 aliphatic heterocycles. The number of benzene rings is 1. The minimum Gasteiger partial charge on any atom is -0.478 e. The van der Waals surface area contributed by atoms with Crippen molar-refractivity contribution < 1.29 is 14.6 Å². The Kier molecular flexibility index (Phi) is 3.30. The topological polar surface area (TPSA) is 61.8 Å². The van der Waals surface area contributed by atoms with Crippen molar-refractivity contribution in [1.82, 2.24) is 0 Å². The monoisotopic (exact) mass is 276 g/mol. The summed E-state index contributed by atoms with van der Waals surface area (Å²) in [5.41, 5.74) is 2.31. The first kappa shape index (κ1) is 13.2. The van der Waals surface area contributed by atoms with Crippen molar-refractivity contribution in [2.24, 2.45) is 5.92 Å². The molecular weight excluding hydrogens is 256 g/mol. The number of rotatable bonds is 4. The van der Waals surface area contributed by atoms with E-state index in [0.717, 1.165) is 30.9 Å². The first-order valence-electron chi connectivity index (χ1n) is 7.08. The average molecular weight is 276 g/mol. The van der Waals surface area contributed by atoms with E-state index in [-0.39, 0.29) is 12.3 Å². The van der Waals surface area contributed by atoms with Gasteiger partial charge in [-0.25, -0.2) is 4.79 Å². The number of hydrogen-bond donors (Lipinski definition) is 2. The summed E-state index contributed by atoms with van der Waals surface area (Å²) in [6.45, 7) is 5.97. The molecule has 108 valence electrons. The highest BCUT2D eigenvalue weighted by atomic mass is 16.5. The molecule has 2 heterocycles. The Labute approximate surface area is 118 Å². The lowest BCUT2D eigenvalue weighted by molar-refractivity contribution is -0.0452. The van der Waals surface area contributed by atoms with Crippen LogP contribution in [-0.2, 0) is 4.74 Å². The smallest absolute Gasteiger partial charge is 0.335 e. The first-order chi connectivity index (χ1) is 9.56. The van der Waals surface area contributed by atoms with E-state index in [4.69, 9.17) is 9.84 Å². The quantitative estimate of drug-likeness (QED) is 0.884. The van der Waals surface area contributed by atoms with Crippen molar-refractivity contribution in [1.29, 1.82) is 0 Å². The van der Waals surface area contributed by atoms with E-state index in [2.05, 4.69) is 24.1 Å². The predicted molar refractivity (Wildman–Crippen MR) is 77.4 cm³/mol. The van der Waals surface area contributed by atoms with Crippen LogP contribution in [-0.4, -0.2) is 36.5 Å². The molecule has 0 spiro atoms. The van der Waals surface area contributed by atoms with Crippen molar-refractivity contribution in [3.05, 3.63) is 23.8 Å². The van der Waals surface area contributed by atoms with Gasteiger partial charge in [-0.3, -0.25) is 0 Å². The zero-order valence-electron chi connectivity index (χ0n) is 11.8. The molecule has 3 rings (SSSR count). The van der Waals surface area contributed by atoms with E-state index in [1.54, 1.807) is 12.1 Å². The summed E-state index contributed by atoms with van der Waals surface area (Å²) in [7, 11) is 0. The summed E-state index contributed by atoms with van der Waals surface area (Å²) < 4.78 is 5.53. The van der Waals surface area contributed by atoms with E-state index in [1.165, 1.54) is 0 Å². The Balaban J connectivity index is 1.91. The van der Waals surface area contributed by atoms with Gasteiger partial charge in [0.15, 0.2) is 0 Å². The normalized spacial score (nSPS) is 24.2. The second kappa shape index (κ2) is 4.98.